The van der Waals surface area contributed by atoms with Crippen LogP contribution >= 0.6 is 0 Å². The zero-order valence-corrected chi connectivity index (χ0v) is 11.8. The number of aryl methyl sites for hydroxylation is 1. The number of amides is 1. The van der Waals surface area contributed by atoms with E-state index in [0.717, 1.165) is 24.4 Å². The molecule has 0 unspecified atom stereocenters. The fourth-order valence-corrected chi connectivity index (χ4v) is 1.90. The minimum atomic E-state index is -0.409. The molecule has 2 N–H and O–H groups in total. The van der Waals surface area contributed by atoms with E-state index in [1.807, 2.05) is 39.8 Å². The third-order valence-corrected chi connectivity index (χ3v) is 2.95. The van der Waals surface area contributed by atoms with Crippen molar-refractivity contribution in [3.63, 3.8) is 0 Å². The summed E-state index contributed by atoms with van der Waals surface area (Å²) >= 11 is 0. The van der Waals surface area contributed by atoms with E-state index in [1.165, 1.54) is 0 Å². The molecule has 0 aliphatic carbocycles. The Balaban J connectivity index is 2.73. The molecule has 0 aliphatic rings. The van der Waals surface area contributed by atoms with Gasteiger partial charge >= 0.3 is 0 Å². The lowest BCUT2D eigenvalue weighted by Crippen LogP contribution is -2.46. The monoisotopic (exact) mass is 252 g/mol. The zero-order valence-electron chi connectivity index (χ0n) is 11.8. The highest BCUT2D eigenvalue weighted by Crippen LogP contribution is 2.13. The summed E-state index contributed by atoms with van der Waals surface area (Å²) in [5.74, 6) is 1.66. The molecule has 0 aromatic carbocycles. The molecule has 0 saturated heterocycles. The minimum absolute atomic E-state index is 0.000836. The van der Waals surface area contributed by atoms with Gasteiger partial charge in [0.2, 0.25) is 5.91 Å². The van der Waals surface area contributed by atoms with Gasteiger partial charge in [-0.3, -0.25) is 4.79 Å². The maximum Gasteiger partial charge on any atom is 0.240 e. The minimum Gasteiger partial charge on any atom is -0.464 e. The van der Waals surface area contributed by atoms with Crippen molar-refractivity contribution < 1.29 is 9.21 Å². The molecule has 1 atom stereocenters. The van der Waals surface area contributed by atoms with Crippen LogP contribution in [0.1, 0.15) is 45.1 Å². The Kier molecular flexibility index (Phi) is 5.41. The average Bonchev–Trinajstić information content (AvgIpc) is 2.71. The summed E-state index contributed by atoms with van der Waals surface area (Å²) < 4.78 is 5.52. The van der Waals surface area contributed by atoms with Gasteiger partial charge in [0.05, 0.1) is 12.6 Å². The Morgan fingerprint density at radius 3 is 2.56 bits per heavy atom. The van der Waals surface area contributed by atoms with E-state index < -0.39 is 6.04 Å². The van der Waals surface area contributed by atoms with Gasteiger partial charge in [-0.25, -0.2) is 0 Å². The number of carbonyl (C=O) groups is 1. The van der Waals surface area contributed by atoms with Gasteiger partial charge in [-0.05, 0) is 39.3 Å². The van der Waals surface area contributed by atoms with Crippen LogP contribution in [-0.2, 0) is 11.3 Å². The lowest BCUT2D eigenvalue weighted by molar-refractivity contribution is -0.135. The van der Waals surface area contributed by atoms with E-state index >= 15 is 0 Å². The highest BCUT2D eigenvalue weighted by atomic mass is 16.3. The summed E-state index contributed by atoms with van der Waals surface area (Å²) in [7, 11) is 0. The van der Waals surface area contributed by atoms with E-state index in [2.05, 4.69) is 0 Å². The second-order valence-corrected chi connectivity index (χ2v) is 4.97. The summed E-state index contributed by atoms with van der Waals surface area (Å²) in [6, 6.07) is 3.52. The Labute approximate surface area is 109 Å². The lowest BCUT2D eigenvalue weighted by Gasteiger charge is -2.28. The Morgan fingerprint density at radius 1 is 1.44 bits per heavy atom. The molecule has 4 nitrogen and oxygen atoms in total. The number of furan rings is 1. The molecule has 102 valence electrons. The summed E-state index contributed by atoms with van der Waals surface area (Å²) in [6.45, 7) is 8.40. The molecule has 0 bridgehead atoms. The van der Waals surface area contributed by atoms with E-state index in [9.17, 15) is 4.79 Å². The van der Waals surface area contributed by atoms with Crippen molar-refractivity contribution in [1.82, 2.24) is 4.90 Å². The standard InChI is InChI=1S/C14H24N2O2/c1-5-6-13(15)14(17)16(10(2)3)9-12-8-7-11(4)18-12/h7-8,10,13H,5-6,9,15H2,1-4H3/t13-/m1/s1. The maximum absolute atomic E-state index is 12.2. The first kappa shape index (κ1) is 14.8. The molecule has 1 rings (SSSR count). The van der Waals surface area contributed by atoms with Crippen molar-refractivity contribution >= 4 is 5.91 Å². The van der Waals surface area contributed by atoms with Gasteiger partial charge in [-0.2, -0.15) is 0 Å². The van der Waals surface area contributed by atoms with E-state index in [1.54, 1.807) is 4.90 Å². The van der Waals surface area contributed by atoms with Gasteiger partial charge in [0.1, 0.15) is 11.5 Å². The largest absolute Gasteiger partial charge is 0.464 e. The van der Waals surface area contributed by atoms with Crippen LogP contribution in [0.3, 0.4) is 0 Å². The summed E-state index contributed by atoms with van der Waals surface area (Å²) in [4.78, 5) is 14.0. The van der Waals surface area contributed by atoms with E-state index in [4.69, 9.17) is 10.2 Å². The van der Waals surface area contributed by atoms with Crippen molar-refractivity contribution in [2.75, 3.05) is 0 Å². The van der Waals surface area contributed by atoms with Gasteiger partial charge in [0, 0.05) is 6.04 Å². The van der Waals surface area contributed by atoms with Crippen LogP contribution in [0.25, 0.3) is 0 Å². The lowest BCUT2D eigenvalue weighted by atomic mass is 10.1. The van der Waals surface area contributed by atoms with E-state index in [0.29, 0.717) is 6.54 Å². The van der Waals surface area contributed by atoms with Crippen molar-refractivity contribution in [2.45, 2.75) is 59.2 Å². The summed E-state index contributed by atoms with van der Waals surface area (Å²) in [6.07, 6.45) is 1.64. The van der Waals surface area contributed by atoms with Crippen molar-refractivity contribution in [1.29, 1.82) is 0 Å². The number of nitrogens with two attached hydrogens (primary N) is 1. The normalized spacial score (nSPS) is 12.8. The Bertz CT molecular complexity index is 385. The molecule has 0 radical (unpaired) electrons. The van der Waals surface area contributed by atoms with Crippen LogP contribution in [0.2, 0.25) is 0 Å². The van der Waals surface area contributed by atoms with Crippen LogP contribution in [0.15, 0.2) is 16.5 Å². The van der Waals surface area contributed by atoms with Gasteiger partial charge in [-0.15, -0.1) is 0 Å². The highest BCUT2D eigenvalue weighted by Gasteiger charge is 2.23. The van der Waals surface area contributed by atoms with Gasteiger partial charge in [0.25, 0.3) is 0 Å². The van der Waals surface area contributed by atoms with Crippen LogP contribution in [0, 0.1) is 6.92 Å². The zero-order chi connectivity index (χ0) is 13.7. The SMILES string of the molecule is CCC[C@@H](N)C(=O)N(Cc1ccc(C)o1)C(C)C. The second-order valence-electron chi connectivity index (χ2n) is 4.97. The van der Waals surface area contributed by atoms with Gasteiger partial charge in [-0.1, -0.05) is 13.3 Å². The van der Waals surface area contributed by atoms with Crippen LogP contribution < -0.4 is 5.73 Å². The molecule has 0 aliphatic heterocycles. The molecule has 1 heterocycles. The Morgan fingerprint density at radius 2 is 2.11 bits per heavy atom. The van der Waals surface area contributed by atoms with Crippen molar-refractivity contribution in [3.05, 3.63) is 23.7 Å². The number of hydrogen-bond acceptors (Lipinski definition) is 3. The molecule has 4 heteroatoms. The molecular weight excluding hydrogens is 228 g/mol. The third kappa shape index (κ3) is 3.88. The predicted molar refractivity (Wildman–Crippen MR) is 72.0 cm³/mol. The van der Waals surface area contributed by atoms with Gasteiger partial charge < -0.3 is 15.1 Å². The maximum atomic E-state index is 12.2. The smallest absolute Gasteiger partial charge is 0.240 e. The quantitative estimate of drug-likeness (QED) is 0.846. The predicted octanol–water partition coefficient (Wildman–Crippen LogP) is 2.45. The second kappa shape index (κ2) is 6.59. The molecule has 1 amide bonds. The van der Waals surface area contributed by atoms with Crippen LogP contribution in [0.5, 0.6) is 0 Å². The fourth-order valence-electron chi connectivity index (χ4n) is 1.90. The molecule has 1 aromatic heterocycles. The number of hydrogen-bond donors (Lipinski definition) is 1. The summed E-state index contributed by atoms with van der Waals surface area (Å²) in [5.41, 5.74) is 5.90. The van der Waals surface area contributed by atoms with E-state index in [-0.39, 0.29) is 11.9 Å². The first-order valence-electron chi connectivity index (χ1n) is 6.57. The highest BCUT2D eigenvalue weighted by molar-refractivity contribution is 5.81. The molecule has 0 saturated carbocycles. The fraction of sp³-hybridized carbons (Fsp3) is 0.643. The number of nitrogens with zero attached hydrogens (tertiary/aromatic N) is 1. The molecule has 18 heavy (non-hydrogen) atoms. The first-order chi connectivity index (χ1) is 8.45. The summed E-state index contributed by atoms with van der Waals surface area (Å²) in [5, 5.41) is 0. The molecular formula is C14H24N2O2. The van der Waals surface area contributed by atoms with Crippen LogP contribution in [0.4, 0.5) is 0 Å². The average molecular weight is 252 g/mol. The van der Waals surface area contributed by atoms with Crippen molar-refractivity contribution in [2.24, 2.45) is 5.73 Å². The third-order valence-electron chi connectivity index (χ3n) is 2.95. The number of carbonyl (C=O) groups excluding carboxylic acids is 1. The van der Waals surface area contributed by atoms with Gasteiger partial charge in [0.15, 0.2) is 0 Å². The molecule has 0 fully saturated rings. The van der Waals surface area contributed by atoms with Crippen molar-refractivity contribution in [3.8, 4) is 0 Å². The number of rotatable bonds is 6. The molecule has 1 aromatic rings. The first-order valence-corrected chi connectivity index (χ1v) is 6.57. The topological polar surface area (TPSA) is 59.5 Å². The molecule has 0 spiro atoms. The Hall–Kier alpha value is -1.29. The van der Waals surface area contributed by atoms with Crippen LogP contribution in [-0.4, -0.2) is 22.9 Å².